The molecule has 2 N–H and O–H groups in total. The normalized spacial score (nSPS) is 11.2. The molecule has 0 aromatic heterocycles. The maximum absolute atomic E-state index is 12.6. The summed E-state index contributed by atoms with van der Waals surface area (Å²) in [6, 6.07) is 18.2. The molecule has 2 aromatic rings. The van der Waals surface area contributed by atoms with Crippen molar-refractivity contribution in [3.05, 3.63) is 71.8 Å². The SMILES string of the molecule is NC(=O)OCOP(=O)(OCc1ccccc1)OCc1ccccc1. The van der Waals surface area contributed by atoms with Crippen LogP contribution in [0, 0.1) is 0 Å². The van der Waals surface area contributed by atoms with Gasteiger partial charge < -0.3 is 10.5 Å². The van der Waals surface area contributed by atoms with Crippen LogP contribution in [-0.4, -0.2) is 12.9 Å². The molecule has 1 amide bonds. The van der Waals surface area contributed by atoms with Gasteiger partial charge >= 0.3 is 13.9 Å². The van der Waals surface area contributed by atoms with E-state index in [1.165, 1.54) is 0 Å². The van der Waals surface area contributed by atoms with Crippen LogP contribution in [0.5, 0.6) is 0 Å². The van der Waals surface area contributed by atoms with E-state index >= 15 is 0 Å². The van der Waals surface area contributed by atoms with E-state index in [9.17, 15) is 9.36 Å². The first-order valence-electron chi connectivity index (χ1n) is 7.11. The average Bonchev–Trinajstić information content (AvgIpc) is 2.60. The summed E-state index contributed by atoms with van der Waals surface area (Å²) in [4.78, 5) is 10.6. The quantitative estimate of drug-likeness (QED) is 0.548. The van der Waals surface area contributed by atoms with Crippen LogP contribution in [0.4, 0.5) is 4.79 Å². The molecule has 7 nitrogen and oxygen atoms in total. The van der Waals surface area contributed by atoms with E-state index in [0.29, 0.717) is 0 Å². The molecule has 0 aliphatic rings. The van der Waals surface area contributed by atoms with Gasteiger partial charge in [-0.1, -0.05) is 60.7 Å². The van der Waals surface area contributed by atoms with E-state index in [-0.39, 0.29) is 13.2 Å². The molecule has 0 radical (unpaired) electrons. The molecule has 0 saturated heterocycles. The summed E-state index contributed by atoms with van der Waals surface area (Å²) in [5.74, 6) is 0. The van der Waals surface area contributed by atoms with Crippen LogP contribution in [0.3, 0.4) is 0 Å². The van der Waals surface area contributed by atoms with Gasteiger partial charge in [-0.2, -0.15) is 0 Å². The first kappa shape index (κ1) is 18.2. The van der Waals surface area contributed by atoms with Crippen LogP contribution in [0.1, 0.15) is 11.1 Å². The van der Waals surface area contributed by atoms with Gasteiger partial charge in [0.05, 0.1) is 13.2 Å². The number of phosphoric ester groups is 1. The lowest BCUT2D eigenvalue weighted by molar-refractivity contribution is 0.0208. The fourth-order valence-corrected chi connectivity index (χ4v) is 2.74. The first-order chi connectivity index (χ1) is 11.6. The number of rotatable bonds is 9. The molecule has 24 heavy (non-hydrogen) atoms. The molecule has 2 rings (SSSR count). The summed E-state index contributed by atoms with van der Waals surface area (Å²) >= 11 is 0. The number of nitrogens with two attached hydrogens (primary N) is 1. The molecular formula is C16H18NO6P. The molecule has 0 heterocycles. The van der Waals surface area contributed by atoms with E-state index in [1.807, 2.05) is 36.4 Å². The number of benzene rings is 2. The summed E-state index contributed by atoms with van der Waals surface area (Å²) in [5.41, 5.74) is 6.42. The average molecular weight is 351 g/mol. The highest BCUT2D eigenvalue weighted by Crippen LogP contribution is 2.50. The number of ether oxygens (including phenoxy) is 1. The Labute approximate surface area is 139 Å². The lowest BCUT2D eigenvalue weighted by atomic mass is 10.2. The van der Waals surface area contributed by atoms with Crippen LogP contribution in [0.25, 0.3) is 0 Å². The van der Waals surface area contributed by atoms with Gasteiger partial charge in [-0.3, -0.25) is 9.05 Å². The minimum Gasteiger partial charge on any atom is -0.422 e. The summed E-state index contributed by atoms with van der Waals surface area (Å²) in [7, 11) is -3.94. The minimum atomic E-state index is -3.94. The van der Waals surface area contributed by atoms with Gasteiger partial charge in [-0.15, -0.1) is 0 Å². The van der Waals surface area contributed by atoms with E-state index in [0.717, 1.165) is 11.1 Å². The molecule has 2 aromatic carbocycles. The smallest absolute Gasteiger partial charge is 0.422 e. The van der Waals surface area contributed by atoms with Gasteiger partial charge in [0, 0.05) is 0 Å². The highest BCUT2D eigenvalue weighted by atomic mass is 31.2. The Morgan fingerprint density at radius 3 is 1.71 bits per heavy atom. The third-order valence-electron chi connectivity index (χ3n) is 2.88. The molecule has 0 unspecified atom stereocenters. The molecule has 0 saturated carbocycles. The maximum atomic E-state index is 12.6. The van der Waals surface area contributed by atoms with Crippen molar-refractivity contribution in [1.29, 1.82) is 0 Å². The summed E-state index contributed by atoms with van der Waals surface area (Å²) < 4.78 is 32.6. The van der Waals surface area contributed by atoms with Crippen molar-refractivity contribution in [2.24, 2.45) is 5.73 Å². The Hall–Kier alpha value is -2.18. The predicted molar refractivity (Wildman–Crippen MR) is 86.7 cm³/mol. The fourth-order valence-electron chi connectivity index (χ4n) is 1.72. The molecule has 0 fully saturated rings. The molecule has 0 bridgehead atoms. The van der Waals surface area contributed by atoms with Gasteiger partial charge in [0.15, 0.2) is 0 Å². The molecule has 8 heteroatoms. The summed E-state index contributed by atoms with van der Waals surface area (Å²) in [6.45, 7) is -0.594. The number of carbonyl (C=O) groups excluding carboxylic acids is 1. The molecular weight excluding hydrogens is 333 g/mol. The number of hydrogen-bond donors (Lipinski definition) is 1. The second-order valence-corrected chi connectivity index (χ2v) is 6.34. The Morgan fingerprint density at radius 1 is 0.833 bits per heavy atom. The van der Waals surface area contributed by atoms with Crippen molar-refractivity contribution in [3.8, 4) is 0 Å². The zero-order chi connectivity index (χ0) is 17.3. The van der Waals surface area contributed by atoms with E-state index < -0.39 is 20.7 Å². The van der Waals surface area contributed by atoms with Crippen LogP contribution >= 0.6 is 7.82 Å². The molecule has 0 aliphatic heterocycles. The number of amides is 1. The maximum Gasteiger partial charge on any atom is 0.478 e. The Kier molecular flexibility index (Phi) is 6.96. The second kappa shape index (κ2) is 9.20. The monoisotopic (exact) mass is 351 g/mol. The molecule has 0 spiro atoms. The molecule has 128 valence electrons. The zero-order valence-corrected chi connectivity index (χ0v) is 13.8. The first-order valence-corrected chi connectivity index (χ1v) is 8.57. The van der Waals surface area contributed by atoms with Crippen molar-refractivity contribution in [3.63, 3.8) is 0 Å². The number of primary amides is 1. The lowest BCUT2D eigenvalue weighted by Gasteiger charge is -2.17. The van der Waals surface area contributed by atoms with Crippen LogP contribution in [0.15, 0.2) is 60.7 Å². The van der Waals surface area contributed by atoms with Crippen molar-refractivity contribution in [2.75, 3.05) is 6.79 Å². The van der Waals surface area contributed by atoms with Gasteiger partial charge in [-0.25, -0.2) is 13.9 Å². The number of hydrogen-bond acceptors (Lipinski definition) is 6. The number of carbonyl (C=O) groups is 1. The topological polar surface area (TPSA) is 97.1 Å². The van der Waals surface area contributed by atoms with Gasteiger partial charge in [-0.05, 0) is 11.1 Å². The number of phosphoric acid groups is 1. The minimum absolute atomic E-state index is 0.0173. The third-order valence-corrected chi connectivity index (χ3v) is 4.19. The summed E-state index contributed by atoms with van der Waals surface area (Å²) in [5, 5.41) is 0. The zero-order valence-electron chi connectivity index (χ0n) is 12.9. The van der Waals surface area contributed by atoms with E-state index in [2.05, 4.69) is 4.74 Å². The fraction of sp³-hybridized carbons (Fsp3) is 0.188. The third kappa shape index (κ3) is 6.52. The van der Waals surface area contributed by atoms with Crippen LogP contribution in [0.2, 0.25) is 0 Å². The van der Waals surface area contributed by atoms with Crippen molar-refractivity contribution in [1.82, 2.24) is 0 Å². The Bertz CT molecular complexity index is 632. The second-order valence-electron chi connectivity index (χ2n) is 4.68. The highest BCUT2D eigenvalue weighted by Gasteiger charge is 2.27. The van der Waals surface area contributed by atoms with Crippen molar-refractivity contribution >= 4 is 13.9 Å². The van der Waals surface area contributed by atoms with Crippen LogP contribution < -0.4 is 5.73 Å². The van der Waals surface area contributed by atoms with Crippen LogP contribution in [-0.2, 0) is 36.1 Å². The Balaban J connectivity index is 1.96. The largest absolute Gasteiger partial charge is 0.478 e. The lowest BCUT2D eigenvalue weighted by Crippen LogP contribution is -2.15. The standard InChI is InChI=1S/C16H18NO6P/c17-16(18)20-13-23-24(19,21-11-14-7-3-1-4-8-14)22-12-15-9-5-2-6-10-15/h1-10H,11-13H2,(H2,17,18). The Morgan fingerprint density at radius 2 is 1.29 bits per heavy atom. The summed E-state index contributed by atoms with van der Waals surface area (Å²) in [6.07, 6.45) is -1.05. The van der Waals surface area contributed by atoms with Gasteiger partial charge in [0.2, 0.25) is 6.79 Å². The van der Waals surface area contributed by atoms with Gasteiger partial charge in [0.1, 0.15) is 0 Å². The molecule has 0 aliphatic carbocycles. The molecule has 0 atom stereocenters. The van der Waals surface area contributed by atoms with Gasteiger partial charge in [0.25, 0.3) is 0 Å². The van der Waals surface area contributed by atoms with E-state index in [4.69, 9.17) is 19.3 Å². The van der Waals surface area contributed by atoms with Crippen molar-refractivity contribution < 1.29 is 27.7 Å². The van der Waals surface area contributed by atoms with Crippen molar-refractivity contribution in [2.45, 2.75) is 13.2 Å². The predicted octanol–water partition coefficient (Wildman–Crippen LogP) is 3.60. The highest BCUT2D eigenvalue weighted by molar-refractivity contribution is 7.48. The van der Waals surface area contributed by atoms with E-state index in [1.54, 1.807) is 24.3 Å².